The number of benzene rings is 1. The Kier molecular flexibility index (Phi) is 4.02. The predicted octanol–water partition coefficient (Wildman–Crippen LogP) is 1.61. The number of nitro benzene ring substituents is 1. The molecule has 1 rings (SSSR count). The van der Waals surface area contributed by atoms with E-state index in [9.17, 15) is 14.9 Å². The molecule has 1 N–H and O–H groups in total. The fourth-order valence-corrected chi connectivity index (χ4v) is 0.957. The maximum absolute atomic E-state index is 10.3. The number of aliphatic carboxylic acids is 1. The maximum Gasteiger partial charge on any atom is 0.328 e. The number of carboxylic acids is 1. The summed E-state index contributed by atoms with van der Waals surface area (Å²) in [6.07, 6.45) is 2.30. The van der Waals surface area contributed by atoms with Crippen LogP contribution in [-0.2, 0) is 4.79 Å². The van der Waals surface area contributed by atoms with E-state index in [4.69, 9.17) is 9.84 Å². The minimum atomic E-state index is -1.05. The van der Waals surface area contributed by atoms with Crippen molar-refractivity contribution in [2.75, 3.05) is 6.61 Å². The molecule has 1 aromatic rings. The van der Waals surface area contributed by atoms with Gasteiger partial charge in [-0.25, -0.2) is 4.79 Å². The summed E-state index contributed by atoms with van der Waals surface area (Å²) in [5.41, 5.74) is -0.0200. The first kappa shape index (κ1) is 11.7. The van der Waals surface area contributed by atoms with E-state index >= 15 is 0 Å². The van der Waals surface area contributed by atoms with Crippen LogP contribution in [-0.4, -0.2) is 22.6 Å². The van der Waals surface area contributed by atoms with Gasteiger partial charge in [0.05, 0.1) is 4.92 Å². The topological polar surface area (TPSA) is 89.7 Å². The fourth-order valence-electron chi connectivity index (χ4n) is 0.957. The monoisotopic (exact) mass is 223 g/mol. The molecule has 0 radical (unpaired) electrons. The van der Waals surface area contributed by atoms with Gasteiger partial charge >= 0.3 is 5.97 Å². The molecule has 0 heterocycles. The van der Waals surface area contributed by atoms with Gasteiger partial charge in [-0.05, 0) is 18.2 Å². The SMILES string of the molecule is O=C(O)C=CCOc1ccc([N+](=O)[O-])cc1. The molecule has 0 amide bonds. The van der Waals surface area contributed by atoms with Crippen LogP contribution < -0.4 is 4.74 Å². The number of nitrogens with zero attached hydrogens (tertiary/aromatic N) is 1. The van der Waals surface area contributed by atoms with Crippen molar-refractivity contribution in [3.8, 4) is 5.75 Å². The van der Waals surface area contributed by atoms with Gasteiger partial charge < -0.3 is 9.84 Å². The van der Waals surface area contributed by atoms with Crippen LogP contribution in [0.2, 0.25) is 0 Å². The van der Waals surface area contributed by atoms with Crippen molar-refractivity contribution >= 4 is 11.7 Å². The number of carbonyl (C=O) groups is 1. The smallest absolute Gasteiger partial charge is 0.328 e. The van der Waals surface area contributed by atoms with Crippen LogP contribution >= 0.6 is 0 Å². The summed E-state index contributed by atoms with van der Waals surface area (Å²) in [4.78, 5) is 19.9. The second kappa shape index (κ2) is 5.50. The van der Waals surface area contributed by atoms with Gasteiger partial charge in [0.25, 0.3) is 5.69 Å². The van der Waals surface area contributed by atoms with Crippen molar-refractivity contribution in [1.29, 1.82) is 0 Å². The van der Waals surface area contributed by atoms with Crippen LogP contribution in [0.5, 0.6) is 5.75 Å². The van der Waals surface area contributed by atoms with Crippen LogP contribution in [0.4, 0.5) is 5.69 Å². The standard InChI is InChI=1S/C10H9NO5/c12-10(13)2-1-7-16-9-5-3-8(4-6-9)11(14)15/h1-6H,7H2,(H,12,13). The third-order valence-corrected chi connectivity index (χ3v) is 1.65. The molecule has 16 heavy (non-hydrogen) atoms. The van der Waals surface area contributed by atoms with Gasteiger partial charge in [0, 0.05) is 18.2 Å². The van der Waals surface area contributed by atoms with E-state index in [1.54, 1.807) is 0 Å². The van der Waals surface area contributed by atoms with Gasteiger partial charge in [-0.2, -0.15) is 0 Å². The first-order valence-electron chi connectivity index (χ1n) is 4.36. The molecule has 0 atom stereocenters. The molecule has 0 aliphatic heterocycles. The molecule has 0 unspecified atom stereocenters. The summed E-state index contributed by atoms with van der Waals surface area (Å²) in [6.45, 7) is 0.101. The zero-order valence-electron chi connectivity index (χ0n) is 8.20. The van der Waals surface area contributed by atoms with Crippen LogP contribution in [0.3, 0.4) is 0 Å². The van der Waals surface area contributed by atoms with E-state index in [0.29, 0.717) is 5.75 Å². The molecule has 0 fully saturated rings. The lowest BCUT2D eigenvalue weighted by molar-refractivity contribution is -0.384. The molecular weight excluding hydrogens is 214 g/mol. The average molecular weight is 223 g/mol. The summed E-state index contributed by atoms with van der Waals surface area (Å²) >= 11 is 0. The molecule has 0 saturated heterocycles. The molecule has 0 aromatic heterocycles. The van der Waals surface area contributed by atoms with Gasteiger partial charge in [0.2, 0.25) is 0 Å². The quantitative estimate of drug-likeness (QED) is 0.465. The highest BCUT2D eigenvalue weighted by Crippen LogP contribution is 2.16. The highest BCUT2D eigenvalue weighted by molar-refractivity contribution is 5.79. The maximum atomic E-state index is 10.3. The minimum Gasteiger partial charge on any atom is -0.490 e. The summed E-state index contributed by atoms with van der Waals surface area (Å²) in [6, 6.07) is 5.53. The number of rotatable bonds is 5. The van der Waals surface area contributed by atoms with Gasteiger partial charge in [-0.1, -0.05) is 0 Å². The molecule has 0 saturated carbocycles. The summed E-state index contributed by atoms with van der Waals surface area (Å²) in [5.74, 6) is -0.604. The Morgan fingerprint density at radius 2 is 2.06 bits per heavy atom. The zero-order chi connectivity index (χ0) is 12.0. The van der Waals surface area contributed by atoms with Crippen molar-refractivity contribution in [1.82, 2.24) is 0 Å². The van der Waals surface area contributed by atoms with E-state index < -0.39 is 10.9 Å². The van der Waals surface area contributed by atoms with E-state index in [2.05, 4.69) is 0 Å². The van der Waals surface area contributed by atoms with E-state index in [0.717, 1.165) is 6.08 Å². The highest BCUT2D eigenvalue weighted by Gasteiger charge is 2.03. The number of nitro groups is 1. The molecule has 0 aliphatic rings. The largest absolute Gasteiger partial charge is 0.490 e. The molecule has 0 spiro atoms. The van der Waals surface area contributed by atoms with Crippen LogP contribution in [0.15, 0.2) is 36.4 Å². The summed E-state index contributed by atoms with van der Waals surface area (Å²) in [5, 5.41) is 18.6. The second-order valence-corrected chi connectivity index (χ2v) is 2.80. The zero-order valence-corrected chi connectivity index (χ0v) is 8.20. The van der Waals surface area contributed by atoms with Crippen molar-refractivity contribution in [2.45, 2.75) is 0 Å². The van der Waals surface area contributed by atoms with Gasteiger partial charge in [0.15, 0.2) is 0 Å². The van der Waals surface area contributed by atoms with Gasteiger partial charge in [0.1, 0.15) is 12.4 Å². The second-order valence-electron chi connectivity index (χ2n) is 2.80. The number of hydrogen-bond donors (Lipinski definition) is 1. The molecule has 84 valence electrons. The van der Waals surface area contributed by atoms with E-state index in [1.807, 2.05) is 0 Å². The first-order valence-corrected chi connectivity index (χ1v) is 4.36. The van der Waals surface area contributed by atoms with Gasteiger partial charge in [-0.3, -0.25) is 10.1 Å². The normalized spacial score (nSPS) is 10.2. The predicted molar refractivity (Wildman–Crippen MR) is 55.4 cm³/mol. The van der Waals surface area contributed by atoms with Crippen molar-refractivity contribution in [3.05, 3.63) is 46.5 Å². The highest BCUT2D eigenvalue weighted by atomic mass is 16.6. The molecular formula is C10H9NO5. The van der Waals surface area contributed by atoms with Crippen molar-refractivity contribution in [2.24, 2.45) is 0 Å². The Hall–Kier alpha value is -2.37. The third-order valence-electron chi connectivity index (χ3n) is 1.65. The Morgan fingerprint density at radius 3 is 2.56 bits per heavy atom. The van der Waals surface area contributed by atoms with Crippen LogP contribution in [0.1, 0.15) is 0 Å². The summed E-state index contributed by atoms with van der Waals surface area (Å²) in [7, 11) is 0. The van der Waals surface area contributed by atoms with Crippen molar-refractivity contribution in [3.63, 3.8) is 0 Å². The van der Waals surface area contributed by atoms with Crippen LogP contribution in [0, 0.1) is 10.1 Å². The van der Waals surface area contributed by atoms with Crippen LogP contribution in [0.25, 0.3) is 0 Å². The average Bonchev–Trinajstić information content (AvgIpc) is 2.25. The Bertz CT molecular complexity index is 410. The molecule has 0 bridgehead atoms. The first-order chi connectivity index (χ1) is 7.59. The Balaban J connectivity index is 2.49. The molecule has 6 nitrogen and oxygen atoms in total. The number of ether oxygens (including phenoxy) is 1. The minimum absolute atomic E-state index is 0.0200. The lowest BCUT2D eigenvalue weighted by Gasteiger charge is -2.01. The Labute approximate surface area is 90.9 Å². The van der Waals surface area contributed by atoms with Gasteiger partial charge in [-0.15, -0.1) is 0 Å². The molecule has 6 heteroatoms. The number of non-ortho nitro benzene ring substituents is 1. The molecule has 1 aromatic carbocycles. The number of hydrogen-bond acceptors (Lipinski definition) is 4. The summed E-state index contributed by atoms with van der Waals surface area (Å²) < 4.78 is 5.12. The number of carboxylic acid groups (broad SMARTS) is 1. The van der Waals surface area contributed by atoms with Crippen molar-refractivity contribution < 1.29 is 19.6 Å². The lowest BCUT2D eigenvalue weighted by atomic mass is 10.3. The third kappa shape index (κ3) is 3.79. The van der Waals surface area contributed by atoms with E-state index in [1.165, 1.54) is 30.3 Å². The molecule has 0 aliphatic carbocycles. The lowest BCUT2D eigenvalue weighted by Crippen LogP contribution is -1.95. The fraction of sp³-hybridized carbons (Fsp3) is 0.100. The van der Waals surface area contributed by atoms with E-state index in [-0.39, 0.29) is 12.3 Å². The Morgan fingerprint density at radius 1 is 1.44 bits per heavy atom.